The van der Waals surface area contributed by atoms with E-state index in [1.54, 1.807) is 24.0 Å². The summed E-state index contributed by atoms with van der Waals surface area (Å²) in [6, 6.07) is 4.24. The van der Waals surface area contributed by atoms with E-state index in [2.05, 4.69) is 5.32 Å². The third-order valence-corrected chi connectivity index (χ3v) is 4.06. The van der Waals surface area contributed by atoms with Crippen molar-refractivity contribution in [3.8, 4) is 0 Å². The zero-order valence-corrected chi connectivity index (χ0v) is 13.5. The van der Waals surface area contributed by atoms with Crippen LogP contribution < -0.4 is 5.32 Å². The highest BCUT2D eigenvalue weighted by Crippen LogP contribution is 2.21. The molecule has 0 aliphatic carbocycles. The van der Waals surface area contributed by atoms with Crippen LogP contribution in [0.3, 0.4) is 0 Å². The van der Waals surface area contributed by atoms with Gasteiger partial charge in [-0.15, -0.1) is 0 Å². The Bertz CT molecular complexity index is 627. The topological polar surface area (TPSA) is 86.7 Å². The van der Waals surface area contributed by atoms with E-state index in [9.17, 15) is 14.4 Å². The van der Waals surface area contributed by atoms with E-state index in [-0.39, 0.29) is 17.4 Å². The summed E-state index contributed by atoms with van der Waals surface area (Å²) >= 11 is 0. The molecule has 0 spiro atoms. The Hall–Kier alpha value is -2.37. The summed E-state index contributed by atoms with van der Waals surface area (Å²) < 4.78 is 0. The van der Waals surface area contributed by atoms with Crippen LogP contribution in [0.25, 0.3) is 0 Å². The first-order valence-electron chi connectivity index (χ1n) is 7.88. The summed E-state index contributed by atoms with van der Waals surface area (Å²) in [7, 11) is 0. The summed E-state index contributed by atoms with van der Waals surface area (Å²) in [5, 5.41) is 11.8. The molecule has 2 amide bonds. The second-order valence-electron chi connectivity index (χ2n) is 5.82. The minimum absolute atomic E-state index is 0.0163. The number of nitrogens with zero attached hydrogens (tertiary/aromatic N) is 1. The average Bonchev–Trinajstić information content (AvgIpc) is 2.96. The summed E-state index contributed by atoms with van der Waals surface area (Å²) in [5.41, 5.74) is 1.34. The first-order chi connectivity index (χ1) is 10.9. The highest BCUT2D eigenvalue weighted by molar-refractivity contribution is 5.98. The number of rotatable bonds is 5. The molecule has 0 aromatic heterocycles. The first-order valence-corrected chi connectivity index (χ1v) is 7.88. The van der Waals surface area contributed by atoms with Crippen molar-refractivity contribution >= 4 is 23.5 Å². The van der Waals surface area contributed by atoms with Crippen molar-refractivity contribution < 1.29 is 19.5 Å². The van der Waals surface area contributed by atoms with Crippen LogP contribution in [0.1, 0.15) is 48.5 Å². The largest absolute Gasteiger partial charge is 0.478 e. The van der Waals surface area contributed by atoms with Gasteiger partial charge in [-0.1, -0.05) is 6.92 Å². The minimum atomic E-state index is -0.993. The maximum Gasteiger partial charge on any atom is 0.335 e. The Morgan fingerprint density at radius 3 is 2.70 bits per heavy atom. The van der Waals surface area contributed by atoms with Crippen LogP contribution in [0.15, 0.2) is 18.2 Å². The lowest BCUT2D eigenvalue weighted by Gasteiger charge is -2.24. The lowest BCUT2D eigenvalue weighted by molar-refractivity contribution is -0.136. The maximum absolute atomic E-state index is 12.4. The SMILES string of the molecule is CCCC(=O)N1CCCC1C(=O)Nc1ccc(C(=O)O)c(C)c1. The fourth-order valence-corrected chi connectivity index (χ4v) is 2.90. The van der Waals surface area contributed by atoms with Gasteiger partial charge in [0.1, 0.15) is 6.04 Å². The zero-order chi connectivity index (χ0) is 17.0. The molecule has 0 radical (unpaired) electrons. The predicted octanol–water partition coefficient (Wildman–Crippen LogP) is 2.42. The normalized spacial score (nSPS) is 17.1. The molecule has 1 aliphatic heterocycles. The number of benzene rings is 1. The number of likely N-dealkylation sites (tertiary alicyclic amines) is 1. The van der Waals surface area contributed by atoms with Crippen molar-refractivity contribution in [3.63, 3.8) is 0 Å². The van der Waals surface area contributed by atoms with Crippen LogP contribution in [0, 0.1) is 6.92 Å². The van der Waals surface area contributed by atoms with Gasteiger partial charge in [0, 0.05) is 18.7 Å². The molecule has 1 heterocycles. The van der Waals surface area contributed by atoms with Crippen LogP contribution in [0.2, 0.25) is 0 Å². The van der Waals surface area contributed by atoms with Crippen LogP contribution in [0.4, 0.5) is 5.69 Å². The first kappa shape index (κ1) is 17.0. The number of aromatic carboxylic acids is 1. The van der Waals surface area contributed by atoms with Crippen LogP contribution in [0.5, 0.6) is 0 Å². The van der Waals surface area contributed by atoms with Gasteiger partial charge in [-0.2, -0.15) is 0 Å². The maximum atomic E-state index is 12.4. The van der Waals surface area contributed by atoms with Crippen molar-refractivity contribution in [1.82, 2.24) is 4.90 Å². The summed E-state index contributed by atoms with van der Waals surface area (Å²) in [5.74, 6) is -1.19. The molecule has 1 atom stereocenters. The second kappa shape index (κ2) is 7.26. The number of hydrogen-bond acceptors (Lipinski definition) is 3. The highest BCUT2D eigenvalue weighted by Gasteiger charge is 2.33. The third-order valence-electron chi connectivity index (χ3n) is 4.06. The number of carboxylic acid groups (broad SMARTS) is 1. The van der Waals surface area contributed by atoms with E-state index in [0.717, 1.165) is 12.8 Å². The van der Waals surface area contributed by atoms with Gasteiger partial charge in [0.25, 0.3) is 0 Å². The monoisotopic (exact) mass is 318 g/mol. The number of carboxylic acids is 1. The standard InChI is InChI=1S/C17H22N2O4/c1-3-5-15(20)19-9-4-6-14(19)16(21)18-12-7-8-13(17(22)23)11(2)10-12/h7-8,10,14H,3-6,9H2,1-2H3,(H,18,21)(H,22,23). The Morgan fingerprint density at radius 1 is 1.35 bits per heavy atom. The molecule has 2 rings (SSSR count). The minimum Gasteiger partial charge on any atom is -0.478 e. The molecule has 23 heavy (non-hydrogen) atoms. The van der Waals surface area contributed by atoms with E-state index < -0.39 is 12.0 Å². The van der Waals surface area contributed by atoms with E-state index in [1.165, 1.54) is 6.07 Å². The van der Waals surface area contributed by atoms with Crippen molar-refractivity contribution in [2.45, 2.75) is 45.6 Å². The Morgan fingerprint density at radius 2 is 2.09 bits per heavy atom. The Labute approximate surface area is 135 Å². The third kappa shape index (κ3) is 3.88. The highest BCUT2D eigenvalue weighted by atomic mass is 16.4. The molecule has 6 nitrogen and oxygen atoms in total. The number of carbonyl (C=O) groups is 3. The van der Waals surface area contributed by atoms with Gasteiger partial charge in [0.2, 0.25) is 11.8 Å². The van der Waals surface area contributed by atoms with Gasteiger partial charge >= 0.3 is 5.97 Å². The zero-order valence-electron chi connectivity index (χ0n) is 13.5. The average molecular weight is 318 g/mol. The lowest BCUT2D eigenvalue weighted by Crippen LogP contribution is -2.43. The van der Waals surface area contributed by atoms with Gasteiger partial charge in [-0.05, 0) is 49.9 Å². The van der Waals surface area contributed by atoms with Gasteiger partial charge in [-0.25, -0.2) is 4.79 Å². The van der Waals surface area contributed by atoms with Gasteiger partial charge in [-0.3, -0.25) is 9.59 Å². The molecule has 0 bridgehead atoms. The van der Waals surface area contributed by atoms with Crippen molar-refractivity contribution in [2.24, 2.45) is 0 Å². The molecule has 124 valence electrons. The van der Waals surface area contributed by atoms with Gasteiger partial charge in [0.05, 0.1) is 5.56 Å². The molecule has 1 fully saturated rings. The number of anilines is 1. The van der Waals surface area contributed by atoms with Crippen LogP contribution in [-0.2, 0) is 9.59 Å². The van der Waals surface area contributed by atoms with Crippen molar-refractivity contribution in [2.75, 3.05) is 11.9 Å². The molecular formula is C17H22N2O4. The van der Waals surface area contributed by atoms with Crippen molar-refractivity contribution in [1.29, 1.82) is 0 Å². The summed E-state index contributed by atoms with van der Waals surface area (Å²) in [6.45, 7) is 4.25. The molecule has 1 aromatic rings. The van der Waals surface area contributed by atoms with Crippen LogP contribution in [-0.4, -0.2) is 40.4 Å². The number of carbonyl (C=O) groups excluding carboxylic acids is 2. The van der Waals surface area contributed by atoms with Gasteiger partial charge < -0.3 is 15.3 Å². The van der Waals surface area contributed by atoms with Gasteiger partial charge in [0.15, 0.2) is 0 Å². The number of aryl methyl sites for hydroxylation is 1. The van der Waals surface area contributed by atoms with Crippen LogP contribution >= 0.6 is 0 Å². The summed E-state index contributed by atoms with van der Waals surface area (Å²) in [6.07, 6.45) is 2.70. The van der Waals surface area contributed by atoms with Crippen molar-refractivity contribution in [3.05, 3.63) is 29.3 Å². The van der Waals surface area contributed by atoms with E-state index in [4.69, 9.17) is 5.11 Å². The molecule has 6 heteroatoms. The Kier molecular flexibility index (Phi) is 5.36. The number of hydrogen-bond donors (Lipinski definition) is 2. The lowest BCUT2D eigenvalue weighted by atomic mass is 10.1. The van der Waals surface area contributed by atoms with E-state index in [0.29, 0.717) is 30.6 Å². The smallest absolute Gasteiger partial charge is 0.335 e. The fraction of sp³-hybridized carbons (Fsp3) is 0.471. The number of amides is 2. The molecule has 1 unspecified atom stereocenters. The predicted molar refractivity (Wildman–Crippen MR) is 86.4 cm³/mol. The molecule has 0 saturated carbocycles. The second-order valence-corrected chi connectivity index (χ2v) is 5.82. The molecule has 2 N–H and O–H groups in total. The molecular weight excluding hydrogens is 296 g/mol. The summed E-state index contributed by atoms with van der Waals surface area (Å²) in [4.78, 5) is 37.2. The fourth-order valence-electron chi connectivity index (χ4n) is 2.90. The Balaban J connectivity index is 2.08. The van der Waals surface area contributed by atoms with E-state index >= 15 is 0 Å². The molecule has 1 aliphatic rings. The van der Waals surface area contributed by atoms with E-state index in [1.807, 2.05) is 6.92 Å². The number of nitrogens with one attached hydrogen (secondary N) is 1. The molecule has 1 aromatic carbocycles. The quantitative estimate of drug-likeness (QED) is 0.873. The molecule has 1 saturated heterocycles.